The quantitative estimate of drug-likeness (QED) is 0.721. The van der Waals surface area contributed by atoms with Crippen molar-refractivity contribution in [2.45, 2.75) is 52.6 Å². The lowest BCUT2D eigenvalue weighted by atomic mass is 9.93. The summed E-state index contributed by atoms with van der Waals surface area (Å²) >= 11 is 1.64. The molecule has 0 saturated heterocycles. The van der Waals surface area contributed by atoms with Gasteiger partial charge >= 0.3 is 0 Å². The summed E-state index contributed by atoms with van der Waals surface area (Å²) in [6.07, 6.45) is 2.96. The van der Waals surface area contributed by atoms with Gasteiger partial charge in [0.25, 0.3) is 0 Å². The highest BCUT2D eigenvalue weighted by Crippen LogP contribution is 2.29. The minimum Gasteiger partial charge on any atom is -0.337 e. The van der Waals surface area contributed by atoms with Crippen LogP contribution in [0.5, 0.6) is 0 Å². The van der Waals surface area contributed by atoms with Crippen molar-refractivity contribution in [3.63, 3.8) is 0 Å². The highest BCUT2D eigenvalue weighted by Gasteiger charge is 2.24. The van der Waals surface area contributed by atoms with Crippen LogP contribution in [0.3, 0.4) is 0 Å². The van der Waals surface area contributed by atoms with Crippen LogP contribution in [0, 0.1) is 0 Å². The summed E-state index contributed by atoms with van der Waals surface area (Å²) in [7, 11) is 0. The molecule has 0 spiro atoms. The van der Waals surface area contributed by atoms with Gasteiger partial charge in [-0.15, -0.1) is 15.3 Å². The molecule has 4 rings (SSSR count). The fourth-order valence-corrected chi connectivity index (χ4v) is 3.73. The summed E-state index contributed by atoms with van der Waals surface area (Å²) < 4.78 is 4.13. The molecule has 0 radical (unpaired) electrons. The standard InChI is InChI=1S/C15H21N7S/c1-5-11-17-18-12-9-20(6-7-21(11)12)14-19-22-8-10(15(2,3)4)16-13(22)23-14/h8H,5-7,9H2,1-4H3. The number of hydrogen-bond acceptors (Lipinski definition) is 6. The van der Waals surface area contributed by atoms with Crippen molar-refractivity contribution in [2.75, 3.05) is 11.4 Å². The Morgan fingerprint density at radius 2 is 2.04 bits per heavy atom. The van der Waals surface area contributed by atoms with Gasteiger partial charge in [0, 0.05) is 24.9 Å². The molecular formula is C15H21N7S. The van der Waals surface area contributed by atoms with Crippen LogP contribution in [-0.2, 0) is 24.9 Å². The zero-order valence-corrected chi connectivity index (χ0v) is 14.8. The Hall–Kier alpha value is -1.96. The fraction of sp³-hybridized carbons (Fsp3) is 0.600. The third-order valence-corrected chi connectivity index (χ3v) is 5.20. The normalized spacial score (nSPS) is 15.4. The molecule has 0 aliphatic carbocycles. The molecule has 0 saturated carbocycles. The molecule has 1 aliphatic heterocycles. The second-order valence-electron chi connectivity index (χ2n) is 6.95. The van der Waals surface area contributed by atoms with Crippen LogP contribution in [-0.4, -0.2) is 35.9 Å². The summed E-state index contributed by atoms with van der Waals surface area (Å²) in [5.41, 5.74) is 1.12. The van der Waals surface area contributed by atoms with Crippen LogP contribution < -0.4 is 4.90 Å². The number of nitrogens with zero attached hydrogens (tertiary/aromatic N) is 7. The summed E-state index contributed by atoms with van der Waals surface area (Å²) in [4.78, 5) is 7.93. The van der Waals surface area contributed by atoms with Gasteiger partial charge in [-0.05, 0) is 0 Å². The number of anilines is 1. The smallest absolute Gasteiger partial charge is 0.214 e. The lowest BCUT2D eigenvalue weighted by Gasteiger charge is -2.26. The molecule has 122 valence electrons. The van der Waals surface area contributed by atoms with E-state index in [1.165, 1.54) is 0 Å². The van der Waals surface area contributed by atoms with E-state index in [-0.39, 0.29) is 5.41 Å². The second-order valence-corrected chi connectivity index (χ2v) is 7.88. The summed E-state index contributed by atoms with van der Waals surface area (Å²) in [6.45, 7) is 11.2. The molecule has 0 atom stereocenters. The van der Waals surface area contributed by atoms with Gasteiger partial charge in [0.05, 0.1) is 18.4 Å². The first kappa shape index (κ1) is 14.6. The highest BCUT2D eigenvalue weighted by molar-refractivity contribution is 7.20. The van der Waals surface area contributed by atoms with Crippen molar-refractivity contribution in [1.82, 2.24) is 29.4 Å². The van der Waals surface area contributed by atoms with Gasteiger partial charge in [-0.3, -0.25) is 0 Å². The van der Waals surface area contributed by atoms with Gasteiger partial charge in [0.15, 0.2) is 5.82 Å². The zero-order chi connectivity index (χ0) is 16.2. The van der Waals surface area contributed by atoms with E-state index in [9.17, 15) is 0 Å². The Morgan fingerprint density at radius 1 is 1.22 bits per heavy atom. The number of imidazole rings is 1. The predicted molar refractivity (Wildman–Crippen MR) is 90.0 cm³/mol. The second kappa shape index (κ2) is 5.02. The van der Waals surface area contributed by atoms with Gasteiger partial charge in [0.2, 0.25) is 10.1 Å². The molecule has 0 fully saturated rings. The minimum atomic E-state index is 0.0473. The summed E-state index contributed by atoms with van der Waals surface area (Å²) in [6, 6.07) is 0. The van der Waals surface area contributed by atoms with Crippen molar-refractivity contribution in [3.05, 3.63) is 23.5 Å². The average molecular weight is 331 g/mol. The highest BCUT2D eigenvalue weighted by atomic mass is 32.1. The fourth-order valence-electron chi connectivity index (χ4n) is 2.82. The molecule has 0 N–H and O–H groups in total. The van der Waals surface area contributed by atoms with Crippen molar-refractivity contribution < 1.29 is 0 Å². The topological polar surface area (TPSA) is 64.1 Å². The van der Waals surface area contributed by atoms with Crippen LogP contribution in [0.1, 0.15) is 45.0 Å². The van der Waals surface area contributed by atoms with Crippen molar-refractivity contribution in [1.29, 1.82) is 0 Å². The average Bonchev–Trinajstić information content (AvgIpc) is 3.17. The van der Waals surface area contributed by atoms with Crippen molar-refractivity contribution >= 4 is 21.4 Å². The molecule has 0 amide bonds. The maximum atomic E-state index is 4.72. The molecule has 0 unspecified atom stereocenters. The molecule has 0 aromatic carbocycles. The van der Waals surface area contributed by atoms with E-state index >= 15 is 0 Å². The van der Waals surface area contributed by atoms with Crippen LogP contribution in [0.25, 0.3) is 4.96 Å². The predicted octanol–water partition coefficient (Wildman–Crippen LogP) is 2.26. The lowest BCUT2D eigenvalue weighted by molar-refractivity contribution is 0.542. The number of aryl methyl sites for hydroxylation is 1. The molecule has 3 aromatic rings. The molecule has 1 aliphatic rings. The Morgan fingerprint density at radius 3 is 2.74 bits per heavy atom. The van der Waals surface area contributed by atoms with Gasteiger partial charge in [-0.1, -0.05) is 39.0 Å². The number of rotatable bonds is 2. The minimum absolute atomic E-state index is 0.0473. The van der Waals surface area contributed by atoms with Gasteiger partial charge in [-0.25, -0.2) is 9.50 Å². The van der Waals surface area contributed by atoms with E-state index in [0.717, 1.165) is 53.5 Å². The molecule has 8 heteroatoms. The van der Waals surface area contributed by atoms with E-state index in [1.807, 2.05) is 10.7 Å². The Labute approximate surface area is 139 Å². The first-order valence-electron chi connectivity index (χ1n) is 7.98. The third-order valence-electron chi connectivity index (χ3n) is 4.22. The van der Waals surface area contributed by atoms with Crippen molar-refractivity contribution in [2.24, 2.45) is 0 Å². The monoisotopic (exact) mass is 331 g/mol. The molecular weight excluding hydrogens is 310 g/mol. The Bertz CT molecular complexity index is 820. The van der Waals surface area contributed by atoms with Crippen molar-refractivity contribution in [3.8, 4) is 0 Å². The SMILES string of the molecule is CCc1nnc2n1CCN(c1nn3cc(C(C)(C)C)nc3s1)C2. The van der Waals surface area contributed by atoms with Gasteiger partial charge in [0.1, 0.15) is 5.82 Å². The molecule has 0 bridgehead atoms. The Kier molecular flexibility index (Phi) is 3.19. The Balaban J connectivity index is 1.61. The summed E-state index contributed by atoms with van der Waals surface area (Å²) in [5, 5.41) is 14.3. The third kappa shape index (κ3) is 2.41. The zero-order valence-electron chi connectivity index (χ0n) is 13.9. The molecule has 7 nitrogen and oxygen atoms in total. The van der Waals surface area contributed by atoms with Crippen LogP contribution >= 0.6 is 11.3 Å². The van der Waals surface area contributed by atoms with Gasteiger partial charge < -0.3 is 9.47 Å². The lowest BCUT2D eigenvalue weighted by Crippen LogP contribution is -2.34. The maximum absolute atomic E-state index is 4.72. The number of hydrogen-bond donors (Lipinski definition) is 0. The van der Waals surface area contributed by atoms with Crippen LogP contribution in [0.15, 0.2) is 6.20 Å². The molecule has 4 heterocycles. The number of fused-ring (bicyclic) bond motifs is 2. The van der Waals surface area contributed by atoms with E-state index in [0.29, 0.717) is 0 Å². The summed E-state index contributed by atoms with van der Waals surface area (Å²) in [5.74, 6) is 2.10. The van der Waals surface area contributed by atoms with Crippen LogP contribution in [0.4, 0.5) is 5.13 Å². The first-order valence-corrected chi connectivity index (χ1v) is 8.80. The molecule has 3 aromatic heterocycles. The maximum Gasteiger partial charge on any atom is 0.214 e. The van der Waals surface area contributed by atoms with E-state index in [1.54, 1.807) is 11.3 Å². The molecule has 23 heavy (non-hydrogen) atoms. The largest absolute Gasteiger partial charge is 0.337 e. The van der Waals surface area contributed by atoms with E-state index < -0.39 is 0 Å². The van der Waals surface area contributed by atoms with E-state index in [4.69, 9.17) is 10.1 Å². The van der Waals surface area contributed by atoms with Gasteiger partial charge in [-0.2, -0.15) is 0 Å². The number of aromatic nitrogens is 6. The first-order chi connectivity index (χ1) is 11.0. The van der Waals surface area contributed by atoms with E-state index in [2.05, 4.69) is 47.4 Å². The van der Waals surface area contributed by atoms with Crippen LogP contribution in [0.2, 0.25) is 0 Å².